The van der Waals surface area contributed by atoms with Gasteiger partial charge in [0.2, 0.25) is 0 Å². The summed E-state index contributed by atoms with van der Waals surface area (Å²) in [5.74, 6) is -0.0650. The van der Waals surface area contributed by atoms with E-state index in [0.717, 1.165) is 44.0 Å². The van der Waals surface area contributed by atoms with E-state index in [4.69, 9.17) is 0 Å². The molecule has 2 aromatic rings. The minimum Gasteiger partial charge on any atom is -0.393 e. The van der Waals surface area contributed by atoms with Crippen LogP contribution in [0.1, 0.15) is 41.7 Å². The van der Waals surface area contributed by atoms with Crippen LogP contribution in [-0.4, -0.2) is 33.6 Å². The highest BCUT2D eigenvalue weighted by atomic mass is 19.4. The van der Waals surface area contributed by atoms with E-state index >= 15 is 0 Å². The molecule has 2 atom stereocenters. The van der Waals surface area contributed by atoms with Gasteiger partial charge in [-0.1, -0.05) is 12.8 Å². The number of halogens is 3. The van der Waals surface area contributed by atoms with Crippen molar-refractivity contribution in [3.8, 4) is 0 Å². The Bertz CT molecular complexity index is 812. The van der Waals surface area contributed by atoms with E-state index < -0.39 is 17.8 Å². The van der Waals surface area contributed by atoms with Crippen LogP contribution < -0.4 is 10.6 Å². The highest BCUT2D eigenvalue weighted by Gasteiger charge is 2.32. The second-order valence-electron chi connectivity index (χ2n) is 6.78. The zero-order chi connectivity index (χ0) is 20.1. The number of rotatable bonds is 5. The van der Waals surface area contributed by atoms with E-state index in [1.165, 1.54) is 6.20 Å². The molecule has 150 valence electrons. The van der Waals surface area contributed by atoms with Crippen molar-refractivity contribution in [3.05, 3.63) is 47.9 Å². The molecule has 6 nitrogen and oxygen atoms in total. The van der Waals surface area contributed by atoms with Gasteiger partial charge in [-0.05, 0) is 37.1 Å². The number of aliphatic hydroxyl groups is 1. The summed E-state index contributed by atoms with van der Waals surface area (Å²) >= 11 is 0. The summed E-state index contributed by atoms with van der Waals surface area (Å²) in [5, 5.41) is 15.7. The third kappa shape index (κ3) is 4.98. The lowest BCUT2D eigenvalue weighted by Gasteiger charge is -2.28. The summed E-state index contributed by atoms with van der Waals surface area (Å²) in [6.07, 6.45) is 1.32. The van der Waals surface area contributed by atoms with Crippen LogP contribution in [0.3, 0.4) is 0 Å². The Morgan fingerprint density at radius 3 is 2.64 bits per heavy atom. The van der Waals surface area contributed by atoms with E-state index in [2.05, 4.69) is 20.6 Å². The number of nitrogens with one attached hydrogen (secondary N) is 2. The van der Waals surface area contributed by atoms with Crippen LogP contribution in [0, 0.1) is 5.92 Å². The Hall–Kier alpha value is -2.68. The van der Waals surface area contributed by atoms with Gasteiger partial charge in [-0.3, -0.25) is 4.79 Å². The van der Waals surface area contributed by atoms with Crippen LogP contribution in [0.4, 0.5) is 24.7 Å². The fourth-order valence-corrected chi connectivity index (χ4v) is 3.22. The summed E-state index contributed by atoms with van der Waals surface area (Å²) in [4.78, 5) is 20.0. The van der Waals surface area contributed by atoms with Crippen LogP contribution in [0.25, 0.3) is 0 Å². The second kappa shape index (κ2) is 8.55. The predicted octanol–water partition coefficient (Wildman–Crippen LogP) is 3.71. The summed E-state index contributed by atoms with van der Waals surface area (Å²) in [7, 11) is 0. The van der Waals surface area contributed by atoms with Crippen molar-refractivity contribution in [3.63, 3.8) is 0 Å². The number of aromatic nitrogens is 2. The van der Waals surface area contributed by atoms with Crippen molar-refractivity contribution in [2.24, 2.45) is 5.92 Å². The molecule has 1 aliphatic carbocycles. The molecule has 0 aliphatic heterocycles. The quantitative estimate of drug-likeness (QED) is 0.720. The largest absolute Gasteiger partial charge is 0.433 e. The first-order valence-corrected chi connectivity index (χ1v) is 9.06. The first kappa shape index (κ1) is 20.1. The van der Waals surface area contributed by atoms with Crippen LogP contribution in [0.15, 0.2) is 36.7 Å². The Kier molecular flexibility index (Phi) is 6.13. The summed E-state index contributed by atoms with van der Waals surface area (Å²) in [6.45, 7) is 0.486. The van der Waals surface area contributed by atoms with E-state index in [0.29, 0.717) is 12.4 Å². The van der Waals surface area contributed by atoms with Crippen molar-refractivity contribution in [1.29, 1.82) is 0 Å². The van der Waals surface area contributed by atoms with E-state index in [9.17, 15) is 23.1 Å². The standard InChI is InChI=1S/C19H21F3N4O2/c20-19(21,22)16-8-7-13(11-24-16)26-18(28)14-5-3-9-23-17(14)25-10-12-4-1-2-6-15(12)27/h3,5,7-9,11-12,15,27H,1-2,4,6,10H2,(H,23,25)(H,26,28)/t12?,15-/m1/s1. The lowest BCUT2D eigenvalue weighted by molar-refractivity contribution is -0.141. The van der Waals surface area contributed by atoms with Crippen LogP contribution in [0.2, 0.25) is 0 Å². The first-order chi connectivity index (χ1) is 13.3. The number of hydrogen-bond donors (Lipinski definition) is 3. The fraction of sp³-hybridized carbons (Fsp3) is 0.421. The Balaban J connectivity index is 1.67. The van der Waals surface area contributed by atoms with Gasteiger partial charge < -0.3 is 15.7 Å². The number of anilines is 2. The van der Waals surface area contributed by atoms with Crippen LogP contribution in [0.5, 0.6) is 0 Å². The molecular weight excluding hydrogens is 373 g/mol. The van der Waals surface area contributed by atoms with Gasteiger partial charge in [-0.2, -0.15) is 13.2 Å². The minimum absolute atomic E-state index is 0.0887. The van der Waals surface area contributed by atoms with Gasteiger partial charge in [-0.15, -0.1) is 0 Å². The molecular formula is C19H21F3N4O2. The van der Waals surface area contributed by atoms with Crippen LogP contribution >= 0.6 is 0 Å². The normalized spacial score (nSPS) is 19.9. The van der Waals surface area contributed by atoms with Crippen molar-refractivity contribution >= 4 is 17.4 Å². The van der Waals surface area contributed by atoms with Crippen molar-refractivity contribution in [1.82, 2.24) is 9.97 Å². The van der Waals surface area contributed by atoms with Crippen LogP contribution in [-0.2, 0) is 6.18 Å². The minimum atomic E-state index is -4.54. The van der Waals surface area contributed by atoms with Gasteiger partial charge in [0.15, 0.2) is 0 Å². The Morgan fingerprint density at radius 1 is 1.18 bits per heavy atom. The molecule has 1 amide bonds. The molecule has 1 saturated carbocycles. The predicted molar refractivity (Wildman–Crippen MR) is 97.9 cm³/mol. The molecule has 2 aromatic heterocycles. The molecule has 1 fully saturated rings. The molecule has 9 heteroatoms. The molecule has 0 bridgehead atoms. The Labute approximate surface area is 160 Å². The molecule has 28 heavy (non-hydrogen) atoms. The number of carbonyl (C=O) groups excluding carboxylic acids is 1. The number of amides is 1. The molecule has 0 radical (unpaired) electrons. The van der Waals surface area contributed by atoms with Gasteiger partial charge in [0.05, 0.1) is 23.6 Å². The zero-order valence-corrected chi connectivity index (χ0v) is 15.0. The number of hydrogen-bond acceptors (Lipinski definition) is 5. The van der Waals surface area contributed by atoms with Gasteiger partial charge in [-0.25, -0.2) is 9.97 Å². The maximum Gasteiger partial charge on any atom is 0.433 e. The molecule has 0 spiro atoms. The van der Waals surface area contributed by atoms with Crippen molar-refractivity contribution in [2.45, 2.75) is 38.0 Å². The molecule has 1 unspecified atom stereocenters. The maximum absolute atomic E-state index is 12.6. The fourth-order valence-electron chi connectivity index (χ4n) is 3.22. The average Bonchev–Trinajstić information content (AvgIpc) is 2.67. The number of alkyl halides is 3. The Morgan fingerprint density at radius 2 is 1.96 bits per heavy atom. The molecule has 3 rings (SSSR count). The average molecular weight is 394 g/mol. The number of nitrogens with zero attached hydrogens (tertiary/aromatic N) is 2. The van der Waals surface area contributed by atoms with E-state index in [1.54, 1.807) is 12.1 Å². The smallest absolute Gasteiger partial charge is 0.393 e. The van der Waals surface area contributed by atoms with Crippen molar-refractivity contribution < 1.29 is 23.1 Å². The summed E-state index contributed by atoms with van der Waals surface area (Å²) in [5.41, 5.74) is -0.622. The van der Waals surface area contributed by atoms with Gasteiger partial charge >= 0.3 is 6.18 Å². The van der Waals surface area contributed by atoms with Gasteiger partial charge in [0.1, 0.15) is 11.5 Å². The summed E-state index contributed by atoms with van der Waals surface area (Å²) < 4.78 is 37.7. The lowest BCUT2D eigenvalue weighted by Crippen LogP contribution is -2.31. The topological polar surface area (TPSA) is 87.1 Å². The second-order valence-corrected chi connectivity index (χ2v) is 6.78. The maximum atomic E-state index is 12.6. The molecule has 2 heterocycles. The highest BCUT2D eigenvalue weighted by Crippen LogP contribution is 2.28. The molecule has 0 aromatic carbocycles. The molecule has 0 saturated heterocycles. The molecule has 1 aliphatic rings. The highest BCUT2D eigenvalue weighted by molar-refractivity contribution is 6.07. The number of carbonyl (C=O) groups is 1. The van der Waals surface area contributed by atoms with E-state index in [1.807, 2.05) is 0 Å². The third-order valence-electron chi connectivity index (χ3n) is 4.76. The summed E-state index contributed by atoms with van der Waals surface area (Å²) in [6, 6.07) is 5.12. The monoisotopic (exact) mass is 394 g/mol. The van der Waals surface area contributed by atoms with Gasteiger partial charge in [0, 0.05) is 18.7 Å². The number of pyridine rings is 2. The SMILES string of the molecule is O=C(Nc1ccc(C(F)(F)F)nc1)c1cccnc1NCC1CCCC[C@H]1O. The molecule has 3 N–H and O–H groups in total. The van der Waals surface area contributed by atoms with Crippen molar-refractivity contribution in [2.75, 3.05) is 17.2 Å². The first-order valence-electron chi connectivity index (χ1n) is 9.06. The van der Waals surface area contributed by atoms with E-state index in [-0.39, 0.29) is 23.3 Å². The lowest BCUT2D eigenvalue weighted by atomic mass is 9.86. The zero-order valence-electron chi connectivity index (χ0n) is 15.0. The number of aliphatic hydroxyl groups excluding tert-OH is 1. The third-order valence-corrected chi connectivity index (χ3v) is 4.76. The van der Waals surface area contributed by atoms with Gasteiger partial charge in [0.25, 0.3) is 5.91 Å².